The van der Waals surface area contributed by atoms with Crippen LogP contribution in [0.2, 0.25) is 0 Å². The Balaban J connectivity index is 3.25. The van der Waals surface area contributed by atoms with E-state index in [-0.39, 0.29) is 42.4 Å². The molecule has 1 rings (SSSR count). The van der Waals surface area contributed by atoms with E-state index in [0.717, 1.165) is 31.0 Å². The molecule has 0 radical (unpaired) electrons. The molecular weight excluding hydrogens is 831 g/mol. The van der Waals surface area contributed by atoms with Gasteiger partial charge in [-0.05, 0) is 68.6 Å². The molecule has 18 nitrogen and oxygen atoms in total. The summed E-state index contributed by atoms with van der Waals surface area (Å²) < 4.78 is 5.45. The minimum absolute atomic E-state index is 0.0671. The summed E-state index contributed by atoms with van der Waals surface area (Å²) in [4.78, 5) is 116. The highest BCUT2D eigenvalue weighted by Gasteiger charge is 2.40. The van der Waals surface area contributed by atoms with Crippen molar-refractivity contribution in [1.82, 2.24) is 45.8 Å². The first-order valence-corrected chi connectivity index (χ1v) is 23.6. The van der Waals surface area contributed by atoms with Crippen LogP contribution in [0, 0.1) is 23.7 Å². The molecule has 0 bridgehead atoms. The lowest BCUT2D eigenvalue weighted by Crippen LogP contribution is -2.61. The maximum Gasteiger partial charge on any atom is 0.324 e. The van der Waals surface area contributed by atoms with Crippen LogP contribution in [0.1, 0.15) is 101 Å². The van der Waals surface area contributed by atoms with Crippen molar-refractivity contribution in [2.75, 3.05) is 73.8 Å². The molecule has 1 saturated heterocycles. The summed E-state index contributed by atoms with van der Waals surface area (Å²) in [5, 5.41) is 9.46. The van der Waals surface area contributed by atoms with Crippen LogP contribution in [0.25, 0.3) is 0 Å². The number of urea groups is 1. The van der Waals surface area contributed by atoms with Crippen LogP contribution in [0.4, 0.5) is 4.79 Å². The molecular formula is C44H81N9O9S. The van der Waals surface area contributed by atoms with Crippen LogP contribution >= 0.6 is 11.8 Å². The van der Waals surface area contributed by atoms with Gasteiger partial charge in [-0.25, -0.2) is 4.79 Å². The lowest BCUT2D eigenvalue weighted by molar-refractivity contribution is -0.147. The third-order valence-corrected chi connectivity index (χ3v) is 12.5. The third kappa shape index (κ3) is 18.2. The van der Waals surface area contributed by atoms with Gasteiger partial charge in [0.25, 0.3) is 5.91 Å². The minimum Gasteiger partial charge on any atom is -0.379 e. The first kappa shape index (κ1) is 57.0. The van der Waals surface area contributed by atoms with Crippen LogP contribution in [0.3, 0.4) is 0 Å². The summed E-state index contributed by atoms with van der Waals surface area (Å²) >= 11 is 1.37. The highest BCUT2D eigenvalue weighted by molar-refractivity contribution is 8.00. The fourth-order valence-electron chi connectivity index (χ4n) is 7.30. The zero-order valence-electron chi connectivity index (χ0n) is 40.9. The molecule has 0 unspecified atom stereocenters. The van der Waals surface area contributed by atoms with E-state index in [4.69, 9.17) is 4.74 Å². The van der Waals surface area contributed by atoms with Gasteiger partial charge in [0.15, 0.2) is 5.37 Å². The standard InChI is InChI=1S/C44H81N9O9S/c1-16-18-34(54)51(14)43(63-24-17-19-53-20-22-62-23-21-53)42(60)52(15)36(30(8)9)40(58)47-35(29(6)7)41(59)49(12)33(26-28(4)5)39(57)46-31(10)37(55)48-44(61)50(13)32(25-27(2)3)38(56)45-11/h27-33,35-36,43H,16-26H2,1-15H3,(H,45,56)(H,46,57)(H,47,58)(H,48,55,61)/t31-,32-,33-,35-,36-,43+/m0/s1. The van der Waals surface area contributed by atoms with Crippen LogP contribution in [0.15, 0.2) is 0 Å². The maximum absolute atomic E-state index is 14.3. The molecule has 4 N–H and O–H groups in total. The van der Waals surface area contributed by atoms with Gasteiger partial charge in [0.1, 0.15) is 30.2 Å². The molecule has 362 valence electrons. The third-order valence-electron chi connectivity index (χ3n) is 11.1. The summed E-state index contributed by atoms with van der Waals surface area (Å²) in [6, 6.07) is -5.99. The Bertz CT molecular complexity index is 1530. The number of carbonyl (C=O) groups is 8. The van der Waals surface area contributed by atoms with Crippen molar-refractivity contribution in [2.24, 2.45) is 23.7 Å². The second-order valence-electron chi connectivity index (χ2n) is 18.1. The molecule has 1 heterocycles. The smallest absolute Gasteiger partial charge is 0.324 e. The SMILES string of the molecule is CCCC(=O)N(C)[C@H](SCCCN1CCOCC1)C(=O)N(C)[C@H](C(=O)N[C@H](C(=O)N(C)[C@@H](CC(C)C)C(=O)N[C@@H](C)C(=O)NC(=O)N(C)[C@@H](CC(C)C)C(=O)NC)C(C)C)C(C)C. The lowest BCUT2D eigenvalue weighted by atomic mass is 9.96. The molecule has 1 aliphatic rings. The van der Waals surface area contributed by atoms with Crippen molar-refractivity contribution >= 4 is 59.1 Å². The number of hydrogen-bond acceptors (Lipinski definition) is 11. The van der Waals surface area contributed by atoms with Crippen molar-refractivity contribution in [3.63, 3.8) is 0 Å². The van der Waals surface area contributed by atoms with Gasteiger partial charge in [0, 0.05) is 54.7 Å². The van der Waals surface area contributed by atoms with Crippen molar-refractivity contribution in [2.45, 2.75) is 137 Å². The van der Waals surface area contributed by atoms with Gasteiger partial charge in [-0.1, -0.05) is 62.3 Å². The monoisotopic (exact) mass is 912 g/mol. The van der Waals surface area contributed by atoms with Crippen molar-refractivity contribution in [1.29, 1.82) is 0 Å². The van der Waals surface area contributed by atoms with E-state index in [9.17, 15) is 38.4 Å². The molecule has 0 aliphatic carbocycles. The van der Waals surface area contributed by atoms with Gasteiger partial charge in [0.05, 0.1) is 13.2 Å². The molecule has 0 aromatic heterocycles. The lowest BCUT2D eigenvalue weighted by Gasteiger charge is -2.37. The zero-order chi connectivity index (χ0) is 48.3. The van der Waals surface area contributed by atoms with Crippen LogP contribution in [0.5, 0.6) is 0 Å². The van der Waals surface area contributed by atoms with Gasteiger partial charge < -0.3 is 40.3 Å². The molecule has 1 aliphatic heterocycles. The van der Waals surface area contributed by atoms with Crippen molar-refractivity contribution < 1.29 is 43.1 Å². The second kappa shape index (κ2) is 28.0. The molecule has 9 amide bonds. The zero-order valence-corrected chi connectivity index (χ0v) is 41.7. The summed E-state index contributed by atoms with van der Waals surface area (Å²) in [7, 11) is 7.50. The number of likely N-dealkylation sites (N-methyl/N-ethyl adjacent to an activating group) is 5. The molecule has 63 heavy (non-hydrogen) atoms. The Hall–Kier alpha value is -3.97. The molecule has 1 fully saturated rings. The predicted molar refractivity (Wildman–Crippen MR) is 246 cm³/mol. The average Bonchev–Trinajstić information content (AvgIpc) is 3.22. The molecule has 6 atom stereocenters. The number of rotatable bonds is 25. The molecule has 0 spiro atoms. The Morgan fingerprint density at radius 2 is 1.22 bits per heavy atom. The number of nitrogens with zero attached hydrogens (tertiary/aromatic N) is 5. The number of imide groups is 1. The molecule has 0 saturated carbocycles. The second-order valence-corrected chi connectivity index (χ2v) is 19.3. The summed E-state index contributed by atoms with van der Waals surface area (Å²) in [5.41, 5.74) is 0. The molecule has 19 heteroatoms. The average molecular weight is 912 g/mol. The molecule has 0 aromatic carbocycles. The largest absolute Gasteiger partial charge is 0.379 e. The number of morpholine rings is 1. The van der Waals surface area contributed by atoms with Crippen LogP contribution in [-0.2, 0) is 38.3 Å². The quantitative estimate of drug-likeness (QED) is 0.0772. The van der Waals surface area contributed by atoms with E-state index in [1.165, 1.54) is 54.5 Å². The van der Waals surface area contributed by atoms with Crippen LogP contribution < -0.4 is 21.3 Å². The van der Waals surface area contributed by atoms with Gasteiger partial charge in [-0.15, -0.1) is 11.8 Å². The first-order valence-electron chi connectivity index (χ1n) is 22.5. The fraction of sp³-hybridized carbons (Fsp3) is 0.818. The van der Waals surface area contributed by atoms with Crippen LogP contribution in [-0.4, -0.2) is 181 Å². The first-order chi connectivity index (χ1) is 29.4. The Morgan fingerprint density at radius 1 is 0.667 bits per heavy atom. The van der Waals surface area contributed by atoms with E-state index in [0.29, 0.717) is 31.8 Å². The predicted octanol–water partition coefficient (Wildman–Crippen LogP) is 2.36. The van der Waals surface area contributed by atoms with E-state index in [1.54, 1.807) is 41.8 Å². The van der Waals surface area contributed by atoms with Gasteiger partial charge in [-0.2, -0.15) is 0 Å². The summed E-state index contributed by atoms with van der Waals surface area (Å²) in [5.74, 6) is -3.70. The highest BCUT2D eigenvalue weighted by atomic mass is 32.2. The number of nitrogens with one attached hydrogen (secondary N) is 4. The van der Waals surface area contributed by atoms with E-state index < -0.39 is 77.1 Å². The summed E-state index contributed by atoms with van der Waals surface area (Å²) in [6.07, 6.45) is 2.27. The van der Waals surface area contributed by atoms with Gasteiger partial charge in [0.2, 0.25) is 35.4 Å². The van der Waals surface area contributed by atoms with E-state index in [2.05, 4.69) is 26.2 Å². The van der Waals surface area contributed by atoms with Crippen molar-refractivity contribution in [3.05, 3.63) is 0 Å². The maximum atomic E-state index is 14.3. The fourth-order valence-corrected chi connectivity index (χ4v) is 8.47. The highest BCUT2D eigenvalue weighted by Crippen LogP contribution is 2.23. The number of hydrogen-bond donors (Lipinski definition) is 4. The number of amides is 9. The van der Waals surface area contributed by atoms with Crippen molar-refractivity contribution in [3.8, 4) is 0 Å². The normalized spacial score (nSPS) is 16.0. The molecule has 0 aromatic rings. The van der Waals surface area contributed by atoms with E-state index >= 15 is 0 Å². The number of thioether (sulfide) groups is 1. The number of carbonyl (C=O) groups excluding carboxylic acids is 8. The number of ether oxygens (including phenoxy) is 1. The Labute approximate surface area is 381 Å². The Morgan fingerprint density at radius 3 is 1.71 bits per heavy atom. The van der Waals surface area contributed by atoms with E-state index in [1.807, 2.05) is 34.6 Å². The Kier molecular flexibility index (Phi) is 25.4. The van der Waals surface area contributed by atoms with Gasteiger partial charge in [-0.3, -0.25) is 43.8 Å². The minimum atomic E-state index is -1.19. The topological polar surface area (TPSA) is 210 Å². The van der Waals surface area contributed by atoms with Gasteiger partial charge >= 0.3 is 6.03 Å². The summed E-state index contributed by atoms with van der Waals surface area (Å²) in [6.45, 7) is 21.9.